The zero-order valence-corrected chi connectivity index (χ0v) is 17.7. The molecule has 1 saturated carbocycles. The molecule has 2 aromatic rings. The minimum Gasteiger partial charge on any atom is -0.506 e. The minimum atomic E-state index is -0.696. The highest BCUT2D eigenvalue weighted by molar-refractivity contribution is 6.46. The van der Waals surface area contributed by atoms with Crippen LogP contribution in [0.2, 0.25) is 0 Å². The number of carbonyl (C=O) groups is 2. The fourth-order valence-electron chi connectivity index (χ4n) is 4.68. The predicted octanol–water partition coefficient (Wildman–Crippen LogP) is 3.85. The molecule has 1 aliphatic heterocycles. The number of amides is 1. The number of hydrogen-bond donors (Lipinski definition) is 1. The van der Waals surface area contributed by atoms with Crippen molar-refractivity contribution < 1.29 is 24.2 Å². The van der Waals surface area contributed by atoms with Crippen molar-refractivity contribution in [1.82, 2.24) is 9.88 Å². The molecule has 2 heterocycles. The number of ether oxygens (including phenoxy) is 2. The summed E-state index contributed by atoms with van der Waals surface area (Å²) in [6, 6.07) is 7.90. The van der Waals surface area contributed by atoms with Gasteiger partial charge in [0.2, 0.25) is 0 Å². The second-order valence-corrected chi connectivity index (χ2v) is 7.82. The van der Waals surface area contributed by atoms with Crippen molar-refractivity contribution in [3.05, 3.63) is 59.4 Å². The molecule has 1 aliphatic carbocycles. The summed E-state index contributed by atoms with van der Waals surface area (Å²) in [5.41, 5.74) is 1.04. The molecule has 31 heavy (non-hydrogen) atoms. The van der Waals surface area contributed by atoms with Gasteiger partial charge in [-0.25, -0.2) is 0 Å². The van der Waals surface area contributed by atoms with Gasteiger partial charge in [0.1, 0.15) is 22.8 Å². The van der Waals surface area contributed by atoms with Crippen LogP contribution in [0.1, 0.15) is 49.3 Å². The lowest BCUT2D eigenvalue weighted by Gasteiger charge is -2.35. The topological polar surface area (TPSA) is 89.0 Å². The molecule has 2 aliphatic rings. The van der Waals surface area contributed by atoms with Gasteiger partial charge in [0.05, 0.1) is 25.8 Å². The number of ketones is 1. The average Bonchev–Trinajstić information content (AvgIpc) is 3.09. The summed E-state index contributed by atoms with van der Waals surface area (Å²) in [6.07, 6.45) is 8.08. The molecule has 162 valence electrons. The van der Waals surface area contributed by atoms with E-state index in [0.29, 0.717) is 11.5 Å². The first-order chi connectivity index (χ1) is 15.1. The Balaban J connectivity index is 1.93. The Labute approximate surface area is 181 Å². The van der Waals surface area contributed by atoms with E-state index in [1.54, 1.807) is 47.6 Å². The lowest BCUT2D eigenvalue weighted by atomic mass is 9.91. The van der Waals surface area contributed by atoms with Crippen molar-refractivity contribution in [3.8, 4) is 11.5 Å². The molecule has 0 bridgehead atoms. The fraction of sp³-hybridized carbons (Fsp3) is 0.375. The second-order valence-electron chi connectivity index (χ2n) is 7.82. The quantitative estimate of drug-likeness (QED) is 0.447. The molecule has 4 rings (SSSR count). The van der Waals surface area contributed by atoms with Gasteiger partial charge >= 0.3 is 0 Å². The summed E-state index contributed by atoms with van der Waals surface area (Å²) in [5.74, 6) is -0.863. The molecule has 7 nitrogen and oxygen atoms in total. The standard InChI is InChI=1S/C24H26N2O5/c1-30-17-9-6-10-18(31-2)19(17)22(27)20-21(15-11-13-25-14-12-15)26(24(29)23(20)28)16-7-4-3-5-8-16/h6,9-14,16,21,27H,3-5,7-8H2,1-2H3/b22-20+. The maximum atomic E-state index is 13.2. The third kappa shape index (κ3) is 3.65. The largest absolute Gasteiger partial charge is 0.506 e. The highest BCUT2D eigenvalue weighted by atomic mass is 16.5. The van der Waals surface area contributed by atoms with Crippen LogP contribution in [0.4, 0.5) is 0 Å². The summed E-state index contributed by atoms with van der Waals surface area (Å²) < 4.78 is 10.8. The lowest BCUT2D eigenvalue weighted by molar-refractivity contribution is -0.141. The molecule has 1 atom stereocenters. The number of Topliss-reactive ketones (excluding diaryl/α,β-unsaturated/α-hetero) is 1. The van der Waals surface area contributed by atoms with E-state index in [4.69, 9.17) is 9.47 Å². The van der Waals surface area contributed by atoms with Crippen LogP contribution in [-0.2, 0) is 9.59 Å². The number of hydrogen-bond acceptors (Lipinski definition) is 6. The van der Waals surface area contributed by atoms with E-state index in [1.807, 2.05) is 0 Å². The van der Waals surface area contributed by atoms with Crippen molar-refractivity contribution in [2.75, 3.05) is 14.2 Å². The Morgan fingerprint density at radius 3 is 2.19 bits per heavy atom. The normalized spacial score (nSPS) is 21.4. The molecule has 0 spiro atoms. The van der Waals surface area contributed by atoms with Gasteiger partial charge < -0.3 is 19.5 Å². The molecule has 0 radical (unpaired) electrons. The van der Waals surface area contributed by atoms with Gasteiger partial charge in [0.25, 0.3) is 11.7 Å². The third-order valence-corrected chi connectivity index (χ3v) is 6.13. The number of rotatable bonds is 5. The van der Waals surface area contributed by atoms with Gasteiger partial charge in [-0.2, -0.15) is 0 Å². The van der Waals surface area contributed by atoms with Crippen LogP contribution >= 0.6 is 0 Å². The van der Waals surface area contributed by atoms with Gasteiger partial charge in [-0.1, -0.05) is 25.3 Å². The molecule has 1 aromatic carbocycles. The Morgan fingerprint density at radius 2 is 1.61 bits per heavy atom. The van der Waals surface area contributed by atoms with Crippen molar-refractivity contribution in [1.29, 1.82) is 0 Å². The molecular formula is C24H26N2O5. The highest BCUT2D eigenvalue weighted by Crippen LogP contribution is 2.45. The first kappa shape index (κ1) is 20.9. The van der Waals surface area contributed by atoms with Crippen LogP contribution in [0.15, 0.2) is 48.3 Å². The summed E-state index contributed by atoms with van der Waals surface area (Å²) in [5, 5.41) is 11.4. The highest BCUT2D eigenvalue weighted by Gasteiger charge is 2.49. The lowest BCUT2D eigenvalue weighted by Crippen LogP contribution is -2.40. The van der Waals surface area contributed by atoms with Crippen LogP contribution in [0.25, 0.3) is 5.76 Å². The number of aromatic nitrogens is 1. The monoisotopic (exact) mass is 422 g/mol. The number of pyridine rings is 1. The summed E-state index contributed by atoms with van der Waals surface area (Å²) in [7, 11) is 2.96. The van der Waals surface area contributed by atoms with E-state index in [0.717, 1.165) is 37.7 Å². The minimum absolute atomic E-state index is 0.0459. The van der Waals surface area contributed by atoms with Gasteiger partial charge in [-0.05, 0) is 42.7 Å². The number of nitrogens with zero attached hydrogens (tertiary/aromatic N) is 2. The third-order valence-electron chi connectivity index (χ3n) is 6.13. The van der Waals surface area contributed by atoms with E-state index < -0.39 is 17.7 Å². The molecular weight excluding hydrogens is 396 g/mol. The zero-order chi connectivity index (χ0) is 22.0. The maximum absolute atomic E-state index is 13.2. The number of aliphatic hydroxyl groups is 1. The Morgan fingerprint density at radius 1 is 1.00 bits per heavy atom. The number of aliphatic hydroxyl groups excluding tert-OH is 1. The molecule has 2 fully saturated rings. The Hall–Kier alpha value is -3.35. The maximum Gasteiger partial charge on any atom is 0.295 e. The smallest absolute Gasteiger partial charge is 0.295 e. The van der Waals surface area contributed by atoms with Gasteiger partial charge in [0.15, 0.2) is 0 Å². The first-order valence-corrected chi connectivity index (χ1v) is 10.5. The van der Waals surface area contributed by atoms with Crippen molar-refractivity contribution in [2.24, 2.45) is 0 Å². The average molecular weight is 422 g/mol. The SMILES string of the molecule is COc1cccc(OC)c1/C(O)=C1\C(=O)C(=O)N(C2CCCCC2)C1c1ccncc1. The van der Waals surface area contributed by atoms with Crippen LogP contribution in [-0.4, -0.2) is 46.9 Å². The second kappa shape index (κ2) is 8.79. The number of benzene rings is 1. The fourth-order valence-corrected chi connectivity index (χ4v) is 4.68. The Kier molecular flexibility index (Phi) is 5.93. The zero-order valence-electron chi connectivity index (χ0n) is 17.7. The molecule has 1 N–H and O–H groups in total. The molecule has 1 unspecified atom stereocenters. The molecule has 1 aromatic heterocycles. The van der Waals surface area contributed by atoms with Crippen LogP contribution < -0.4 is 9.47 Å². The van der Waals surface area contributed by atoms with Crippen molar-refractivity contribution in [3.63, 3.8) is 0 Å². The van der Waals surface area contributed by atoms with E-state index in [-0.39, 0.29) is 22.9 Å². The molecule has 1 amide bonds. The van der Waals surface area contributed by atoms with Gasteiger partial charge in [-0.3, -0.25) is 14.6 Å². The Bertz CT molecular complexity index is 990. The first-order valence-electron chi connectivity index (χ1n) is 10.5. The summed E-state index contributed by atoms with van der Waals surface area (Å²) >= 11 is 0. The van der Waals surface area contributed by atoms with Gasteiger partial charge in [0, 0.05) is 18.4 Å². The summed E-state index contributed by atoms with van der Waals surface area (Å²) in [6.45, 7) is 0. The number of likely N-dealkylation sites (tertiary alicyclic amines) is 1. The molecule has 7 heteroatoms. The van der Waals surface area contributed by atoms with Gasteiger partial charge in [-0.15, -0.1) is 0 Å². The predicted molar refractivity (Wildman–Crippen MR) is 115 cm³/mol. The number of methoxy groups -OCH3 is 2. The van der Waals surface area contributed by atoms with Crippen LogP contribution in [0.3, 0.4) is 0 Å². The molecule has 1 saturated heterocycles. The number of carbonyl (C=O) groups excluding carboxylic acids is 2. The van der Waals surface area contributed by atoms with E-state index >= 15 is 0 Å². The van der Waals surface area contributed by atoms with E-state index in [2.05, 4.69) is 4.98 Å². The van der Waals surface area contributed by atoms with Crippen molar-refractivity contribution >= 4 is 17.4 Å². The van der Waals surface area contributed by atoms with E-state index in [1.165, 1.54) is 14.2 Å². The summed E-state index contributed by atoms with van der Waals surface area (Å²) in [4.78, 5) is 32.2. The van der Waals surface area contributed by atoms with Crippen molar-refractivity contribution in [2.45, 2.75) is 44.2 Å². The van der Waals surface area contributed by atoms with Crippen LogP contribution in [0, 0.1) is 0 Å². The van der Waals surface area contributed by atoms with E-state index in [9.17, 15) is 14.7 Å². The van der Waals surface area contributed by atoms with Crippen LogP contribution in [0.5, 0.6) is 11.5 Å².